The fourth-order valence-corrected chi connectivity index (χ4v) is 6.30. The fourth-order valence-electron chi connectivity index (χ4n) is 5.65. The van der Waals surface area contributed by atoms with Crippen LogP contribution in [-0.4, -0.2) is 47.3 Å². The number of ether oxygens (including phenoxy) is 1. The summed E-state index contributed by atoms with van der Waals surface area (Å²) in [5, 5.41) is 3.53. The maximum absolute atomic E-state index is 14.0. The highest BCUT2D eigenvalue weighted by molar-refractivity contribution is 7.78. The number of hydrogen-bond donors (Lipinski definition) is 2. The maximum atomic E-state index is 14.0. The van der Waals surface area contributed by atoms with E-state index in [0.29, 0.717) is 46.6 Å². The molecule has 2 aliphatic rings. The first-order valence-corrected chi connectivity index (χ1v) is 14.4. The zero-order chi connectivity index (χ0) is 29.3. The monoisotopic (exact) mass is 602 g/mol. The number of morpholine rings is 1. The second-order valence-corrected chi connectivity index (χ2v) is 11.1. The van der Waals surface area contributed by atoms with E-state index in [-0.39, 0.29) is 18.0 Å². The minimum Gasteiger partial charge on any atom is -0.378 e. The molecule has 1 amide bonds. The van der Waals surface area contributed by atoms with Crippen LogP contribution < -0.4 is 10.2 Å². The molecule has 42 heavy (non-hydrogen) atoms. The number of carbonyl (C=O) groups is 2. The Labute approximate surface area is 253 Å². The largest absolute Gasteiger partial charge is 0.378 e. The highest BCUT2D eigenvalue weighted by Crippen LogP contribution is 2.48. The Morgan fingerprint density at radius 3 is 2.36 bits per heavy atom. The van der Waals surface area contributed by atoms with Gasteiger partial charge in [0, 0.05) is 35.9 Å². The summed E-state index contributed by atoms with van der Waals surface area (Å²) in [6, 6.07) is 26.0. The van der Waals surface area contributed by atoms with Crippen molar-refractivity contribution in [3.63, 3.8) is 0 Å². The number of amides is 1. The number of hydrogen-bond acceptors (Lipinski definition) is 7. The average molecular weight is 603 g/mol. The lowest BCUT2D eigenvalue weighted by Crippen LogP contribution is -2.54. The summed E-state index contributed by atoms with van der Waals surface area (Å²) < 4.78 is 20.3. The highest BCUT2D eigenvalue weighted by atomic mass is 35.5. The Bertz CT molecular complexity index is 1620. The Morgan fingerprint density at radius 2 is 1.64 bits per heavy atom. The van der Waals surface area contributed by atoms with Crippen LogP contribution in [0.1, 0.15) is 29.2 Å². The van der Waals surface area contributed by atoms with Crippen molar-refractivity contribution in [3.8, 4) is 0 Å². The van der Waals surface area contributed by atoms with Gasteiger partial charge in [-0.25, -0.2) is 9.37 Å². The van der Waals surface area contributed by atoms with Crippen LogP contribution in [0.15, 0.2) is 91.0 Å². The van der Waals surface area contributed by atoms with Gasteiger partial charge in [-0.2, -0.15) is 0 Å². The molecule has 0 spiro atoms. The van der Waals surface area contributed by atoms with E-state index >= 15 is 0 Å². The quantitative estimate of drug-likeness (QED) is 0.204. The number of piperidine rings is 1. The molecule has 2 aliphatic heterocycles. The number of nitrogens with zero attached hydrogens (tertiary/aromatic N) is 3. The number of pyridine rings is 1. The molecule has 2 fully saturated rings. The van der Waals surface area contributed by atoms with Crippen molar-refractivity contribution in [3.05, 3.63) is 119 Å². The Balaban J connectivity index is 1.43. The van der Waals surface area contributed by atoms with Crippen LogP contribution in [0.5, 0.6) is 0 Å². The normalized spacial score (nSPS) is 21.0. The van der Waals surface area contributed by atoms with Gasteiger partial charge in [-0.3, -0.25) is 13.9 Å². The molecule has 1 N–H and O–H groups in total. The van der Waals surface area contributed by atoms with Crippen molar-refractivity contribution in [2.75, 3.05) is 36.5 Å². The van der Waals surface area contributed by atoms with E-state index in [1.165, 1.54) is 16.4 Å². The first-order valence-electron chi connectivity index (χ1n) is 13.6. The minimum atomic E-state index is -1.31. The standard InChI is InChI=1S/C32H28ClFN4O3S/c33-26-5-2-1-4-25(26)30-27(39)20-32(38(42)31(30)40,21-8-14-24(15-9-21)37-16-18-41-19-17-37)28-6-3-7-29(36-28)35-23-12-10-22(34)11-13-23/h1-15,30,42H,16-20H2,(H,35,36). The summed E-state index contributed by atoms with van der Waals surface area (Å²) in [5.41, 5.74) is 1.96. The van der Waals surface area contributed by atoms with Crippen LogP contribution in [0, 0.1) is 5.82 Å². The summed E-state index contributed by atoms with van der Waals surface area (Å²) in [6.45, 7) is 2.86. The maximum Gasteiger partial charge on any atom is 0.248 e. The minimum absolute atomic E-state index is 0.0674. The smallest absolute Gasteiger partial charge is 0.248 e. The second-order valence-electron chi connectivity index (χ2n) is 10.3. The van der Waals surface area contributed by atoms with E-state index in [1.807, 2.05) is 24.3 Å². The number of rotatable bonds is 6. The van der Waals surface area contributed by atoms with Crippen molar-refractivity contribution in [1.82, 2.24) is 9.29 Å². The Morgan fingerprint density at radius 1 is 0.929 bits per heavy atom. The first-order chi connectivity index (χ1) is 20.4. The number of ketones is 1. The molecule has 2 saturated heterocycles. The Kier molecular flexibility index (Phi) is 7.90. The van der Waals surface area contributed by atoms with E-state index in [1.54, 1.807) is 54.6 Å². The molecule has 2 atom stereocenters. The third-order valence-electron chi connectivity index (χ3n) is 7.80. The molecule has 0 bridgehead atoms. The van der Waals surface area contributed by atoms with Gasteiger partial charge in [0.15, 0.2) is 5.78 Å². The molecule has 0 saturated carbocycles. The molecular weight excluding hydrogens is 575 g/mol. The van der Waals surface area contributed by atoms with E-state index in [0.717, 1.165) is 18.8 Å². The van der Waals surface area contributed by atoms with Gasteiger partial charge in [-0.15, -0.1) is 0 Å². The van der Waals surface area contributed by atoms with Gasteiger partial charge in [-0.05, 0) is 65.7 Å². The fraction of sp³-hybridized carbons (Fsp3) is 0.219. The van der Waals surface area contributed by atoms with Crippen molar-refractivity contribution in [1.29, 1.82) is 0 Å². The molecule has 7 nitrogen and oxygen atoms in total. The van der Waals surface area contributed by atoms with E-state index in [9.17, 15) is 14.0 Å². The van der Waals surface area contributed by atoms with Crippen molar-refractivity contribution in [2.24, 2.45) is 0 Å². The number of thiol groups is 1. The number of benzene rings is 3. The molecular formula is C32H28ClFN4O3S. The van der Waals surface area contributed by atoms with Gasteiger partial charge in [0.25, 0.3) is 0 Å². The molecule has 10 heteroatoms. The number of carbonyl (C=O) groups excluding carboxylic acids is 2. The zero-order valence-electron chi connectivity index (χ0n) is 22.5. The van der Waals surface area contributed by atoms with Gasteiger partial charge in [0.1, 0.15) is 23.1 Å². The molecule has 4 aromatic rings. The number of aromatic nitrogens is 1. The van der Waals surface area contributed by atoms with Crippen LogP contribution in [0.3, 0.4) is 0 Å². The van der Waals surface area contributed by atoms with Crippen LogP contribution in [-0.2, 0) is 19.9 Å². The second kappa shape index (κ2) is 11.8. The van der Waals surface area contributed by atoms with Crippen molar-refractivity contribution in [2.45, 2.75) is 17.9 Å². The summed E-state index contributed by atoms with van der Waals surface area (Å²) in [6.07, 6.45) is -0.0674. The van der Waals surface area contributed by atoms with Crippen LogP contribution in [0.4, 0.5) is 21.6 Å². The van der Waals surface area contributed by atoms with Gasteiger partial charge in [0.05, 0.1) is 18.9 Å². The topological polar surface area (TPSA) is 74.8 Å². The van der Waals surface area contributed by atoms with E-state index < -0.39 is 17.4 Å². The lowest BCUT2D eigenvalue weighted by atomic mass is 9.74. The van der Waals surface area contributed by atoms with Gasteiger partial charge >= 0.3 is 0 Å². The SMILES string of the molecule is O=C1CC(c2ccc(N3CCOCC3)cc2)(c2cccc(Nc3ccc(F)cc3)n2)N(S)C(=O)C1c1ccccc1Cl. The first kappa shape index (κ1) is 28.2. The summed E-state index contributed by atoms with van der Waals surface area (Å²) >= 11 is 11.2. The molecule has 3 heterocycles. The number of Topliss-reactive ketones (excluding diaryl/α,β-unsaturated/α-hetero) is 1. The molecule has 3 aromatic carbocycles. The molecule has 0 radical (unpaired) electrons. The van der Waals surface area contributed by atoms with E-state index in [4.69, 9.17) is 34.1 Å². The third-order valence-corrected chi connectivity index (χ3v) is 8.68. The lowest BCUT2D eigenvalue weighted by Gasteiger charge is -2.45. The molecule has 2 unspecified atom stereocenters. The average Bonchev–Trinajstić information content (AvgIpc) is 3.02. The number of anilines is 3. The predicted molar refractivity (Wildman–Crippen MR) is 164 cm³/mol. The number of nitrogens with one attached hydrogen (secondary N) is 1. The predicted octanol–water partition coefficient (Wildman–Crippen LogP) is 6.13. The third kappa shape index (κ3) is 5.24. The summed E-state index contributed by atoms with van der Waals surface area (Å²) in [7, 11) is 0. The molecule has 0 aliphatic carbocycles. The highest BCUT2D eigenvalue weighted by Gasteiger charge is 2.53. The van der Waals surface area contributed by atoms with Crippen LogP contribution in [0.25, 0.3) is 0 Å². The molecule has 214 valence electrons. The van der Waals surface area contributed by atoms with Gasteiger partial charge in [-0.1, -0.05) is 60.8 Å². The lowest BCUT2D eigenvalue weighted by molar-refractivity contribution is -0.142. The van der Waals surface area contributed by atoms with Crippen molar-refractivity contribution < 1.29 is 18.7 Å². The molecule has 1 aromatic heterocycles. The Hall–Kier alpha value is -3.92. The summed E-state index contributed by atoms with van der Waals surface area (Å²) in [5.74, 6) is -1.73. The van der Waals surface area contributed by atoms with Gasteiger partial charge in [0.2, 0.25) is 5.91 Å². The van der Waals surface area contributed by atoms with Crippen LogP contribution in [0.2, 0.25) is 5.02 Å². The van der Waals surface area contributed by atoms with Crippen molar-refractivity contribution >= 4 is 53.3 Å². The van der Waals surface area contributed by atoms with Gasteiger partial charge < -0.3 is 15.0 Å². The molecule has 6 rings (SSSR count). The van der Waals surface area contributed by atoms with E-state index in [2.05, 4.69) is 10.2 Å². The summed E-state index contributed by atoms with van der Waals surface area (Å²) in [4.78, 5) is 35.1. The number of halogens is 2. The van der Waals surface area contributed by atoms with Crippen LogP contribution >= 0.6 is 24.4 Å². The zero-order valence-corrected chi connectivity index (χ0v) is 24.2.